The second-order valence-electron chi connectivity index (χ2n) is 10.7. The monoisotopic (exact) mass is 496 g/mol. The molecular weight excluding hydrogens is 470 g/mol. The highest BCUT2D eigenvalue weighted by Gasteiger charge is 2.55. The Morgan fingerprint density at radius 1 is 1.14 bits per heavy atom. The number of likely N-dealkylation sites (tertiary alicyclic amines) is 1. The van der Waals surface area contributed by atoms with Gasteiger partial charge in [0.25, 0.3) is 5.56 Å². The molecule has 2 aromatic carbocycles. The number of ketones is 1. The molecule has 8 nitrogen and oxygen atoms in total. The molecule has 5 rings (SSSR count). The molecule has 36 heavy (non-hydrogen) atoms. The van der Waals surface area contributed by atoms with Gasteiger partial charge >= 0.3 is 6.09 Å². The fourth-order valence-corrected chi connectivity index (χ4v) is 5.07. The molecule has 0 bridgehead atoms. The van der Waals surface area contributed by atoms with Crippen LogP contribution >= 0.6 is 0 Å². The lowest BCUT2D eigenvalue weighted by Gasteiger charge is -2.58. The fourth-order valence-electron chi connectivity index (χ4n) is 5.07. The van der Waals surface area contributed by atoms with Crippen molar-refractivity contribution in [2.45, 2.75) is 45.3 Å². The molecule has 0 radical (unpaired) electrons. The van der Waals surface area contributed by atoms with Gasteiger partial charge in [-0.25, -0.2) is 18.6 Å². The predicted octanol–water partition coefficient (Wildman–Crippen LogP) is 4.06. The zero-order valence-electron chi connectivity index (χ0n) is 20.2. The SMILES string of the molecule is CC(C)(C)OC(=O)N1CC2(CC(n3cnc4ccc(C(=O)c5c(F)ccc(N)c5F)cc4c3=O)C2)C1. The van der Waals surface area contributed by atoms with Crippen LogP contribution in [0.5, 0.6) is 0 Å². The Hall–Kier alpha value is -3.82. The molecule has 188 valence electrons. The Morgan fingerprint density at radius 2 is 1.83 bits per heavy atom. The second-order valence-corrected chi connectivity index (χ2v) is 10.7. The van der Waals surface area contributed by atoms with Crippen LogP contribution in [-0.4, -0.2) is 45.0 Å². The molecule has 0 atom stereocenters. The van der Waals surface area contributed by atoms with E-state index in [4.69, 9.17) is 10.5 Å². The number of ether oxygens (including phenoxy) is 1. The number of hydrogen-bond acceptors (Lipinski definition) is 6. The van der Waals surface area contributed by atoms with Crippen LogP contribution in [0, 0.1) is 17.0 Å². The third kappa shape index (κ3) is 4.00. The van der Waals surface area contributed by atoms with Gasteiger partial charge < -0.3 is 15.4 Å². The van der Waals surface area contributed by atoms with Gasteiger partial charge in [-0.1, -0.05) is 0 Å². The number of rotatable bonds is 3. The number of anilines is 1. The topological polar surface area (TPSA) is 108 Å². The van der Waals surface area contributed by atoms with E-state index in [9.17, 15) is 23.2 Å². The van der Waals surface area contributed by atoms with Gasteiger partial charge in [0.05, 0.1) is 28.5 Å². The highest BCUT2D eigenvalue weighted by atomic mass is 19.1. The number of hydrogen-bond donors (Lipinski definition) is 1. The van der Waals surface area contributed by atoms with E-state index in [0.717, 1.165) is 12.1 Å². The highest BCUT2D eigenvalue weighted by Crippen LogP contribution is 2.53. The van der Waals surface area contributed by atoms with E-state index in [0.29, 0.717) is 31.4 Å². The van der Waals surface area contributed by atoms with Crippen molar-refractivity contribution in [2.24, 2.45) is 5.41 Å². The van der Waals surface area contributed by atoms with E-state index in [1.807, 2.05) is 20.8 Å². The average Bonchev–Trinajstić information content (AvgIpc) is 2.74. The van der Waals surface area contributed by atoms with Crippen LogP contribution in [-0.2, 0) is 4.74 Å². The third-order valence-electron chi connectivity index (χ3n) is 6.83. The maximum atomic E-state index is 14.4. The van der Waals surface area contributed by atoms with E-state index < -0.39 is 28.6 Å². The van der Waals surface area contributed by atoms with Crippen molar-refractivity contribution in [1.29, 1.82) is 0 Å². The minimum atomic E-state index is -1.13. The summed E-state index contributed by atoms with van der Waals surface area (Å²) in [7, 11) is 0. The summed E-state index contributed by atoms with van der Waals surface area (Å²) < 4.78 is 35.5. The Labute approximate surface area is 205 Å². The van der Waals surface area contributed by atoms with E-state index in [-0.39, 0.29) is 39.7 Å². The molecule has 2 fully saturated rings. The summed E-state index contributed by atoms with van der Waals surface area (Å²) in [4.78, 5) is 44.4. The Kier molecular flexibility index (Phi) is 5.38. The Balaban J connectivity index is 1.35. The highest BCUT2D eigenvalue weighted by molar-refractivity contribution is 6.11. The Morgan fingerprint density at radius 3 is 2.50 bits per heavy atom. The minimum absolute atomic E-state index is 0.0420. The number of nitrogen functional groups attached to an aromatic ring is 1. The molecule has 1 saturated heterocycles. The lowest BCUT2D eigenvalue weighted by molar-refractivity contribution is -0.0913. The van der Waals surface area contributed by atoms with Gasteiger partial charge in [-0.2, -0.15) is 0 Å². The summed E-state index contributed by atoms with van der Waals surface area (Å²) >= 11 is 0. The van der Waals surface area contributed by atoms with E-state index in [1.54, 1.807) is 4.90 Å². The quantitative estimate of drug-likeness (QED) is 0.433. The fraction of sp³-hybridized carbons (Fsp3) is 0.385. The first-order valence-corrected chi connectivity index (χ1v) is 11.6. The summed E-state index contributed by atoms with van der Waals surface area (Å²) in [6, 6.07) is 6.04. The van der Waals surface area contributed by atoms with Gasteiger partial charge in [0.1, 0.15) is 11.4 Å². The van der Waals surface area contributed by atoms with Crippen LogP contribution in [0.1, 0.15) is 55.6 Å². The molecule has 2 heterocycles. The standard InChI is InChI=1S/C26H26F2N4O4/c1-25(2,3)36-24(35)31-11-26(12-31)9-15(10-26)32-13-30-19-7-4-14(8-16(19)23(32)34)22(33)20-17(27)5-6-18(29)21(20)28/h4-8,13,15H,9-12,29H2,1-3H3. The van der Waals surface area contributed by atoms with Gasteiger partial charge in [0.15, 0.2) is 11.6 Å². The first kappa shape index (κ1) is 23.9. The molecule has 0 unspecified atom stereocenters. The zero-order chi connectivity index (χ0) is 26.0. The van der Waals surface area contributed by atoms with E-state index in [1.165, 1.54) is 29.1 Å². The number of carbonyl (C=O) groups is 2. The van der Waals surface area contributed by atoms with Gasteiger partial charge in [0, 0.05) is 30.1 Å². The maximum Gasteiger partial charge on any atom is 0.410 e. The van der Waals surface area contributed by atoms with Crippen LogP contribution in [0.15, 0.2) is 41.5 Å². The number of fused-ring (bicyclic) bond motifs is 1. The maximum absolute atomic E-state index is 14.4. The lowest BCUT2D eigenvalue weighted by Crippen LogP contribution is -2.64. The molecule has 1 aromatic heterocycles. The first-order valence-electron chi connectivity index (χ1n) is 11.6. The molecule has 1 saturated carbocycles. The first-order chi connectivity index (χ1) is 16.9. The van der Waals surface area contributed by atoms with Crippen LogP contribution in [0.2, 0.25) is 0 Å². The van der Waals surface area contributed by atoms with E-state index in [2.05, 4.69) is 4.98 Å². The minimum Gasteiger partial charge on any atom is -0.444 e. The average molecular weight is 497 g/mol. The number of halogens is 2. The normalized spacial score (nSPS) is 17.1. The third-order valence-corrected chi connectivity index (χ3v) is 6.83. The van der Waals surface area contributed by atoms with Crippen molar-refractivity contribution >= 4 is 28.5 Å². The summed E-state index contributed by atoms with van der Waals surface area (Å²) in [6.07, 6.45) is 2.55. The number of amides is 1. The van der Waals surface area contributed by atoms with Crippen molar-refractivity contribution in [3.63, 3.8) is 0 Å². The van der Waals surface area contributed by atoms with Gasteiger partial charge in [-0.05, 0) is 63.9 Å². The number of aromatic nitrogens is 2. The largest absolute Gasteiger partial charge is 0.444 e. The van der Waals surface area contributed by atoms with Crippen molar-refractivity contribution < 1.29 is 23.1 Å². The summed E-state index contributed by atoms with van der Waals surface area (Å²) in [6.45, 7) is 6.61. The van der Waals surface area contributed by atoms with Crippen LogP contribution in [0.4, 0.5) is 19.3 Å². The second kappa shape index (κ2) is 8.11. The van der Waals surface area contributed by atoms with Crippen molar-refractivity contribution in [2.75, 3.05) is 18.8 Å². The Bertz CT molecular complexity index is 1460. The summed E-state index contributed by atoms with van der Waals surface area (Å²) in [5.41, 5.74) is 3.77. The van der Waals surface area contributed by atoms with Crippen LogP contribution < -0.4 is 11.3 Å². The van der Waals surface area contributed by atoms with Crippen LogP contribution in [0.25, 0.3) is 10.9 Å². The van der Waals surface area contributed by atoms with Crippen molar-refractivity contribution in [1.82, 2.24) is 14.5 Å². The lowest BCUT2D eigenvalue weighted by atomic mass is 9.60. The number of nitrogens with two attached hydrogens (primary N) is 1. The van der Waals surface area contributed by atoms with Crippen molar-refractivity contribution in [3.05, 3.63) is 69.8 Å². The molecular formula is C26H26F2N4O4. The van der Waals surface area contributed by atoms with Crippen LogP contribution in [0.3, 0.4) is 0 Å². The van der Waals surface area contributed by atoms with Gasteiger partial charge in [0.2, 0.25) is 0 Å². The number of benzene rings is 2. The molecule has 10 heteroatoms. The smallest absolute Gasteiger partial charge is 0.410 e. The molecule has 2 N–H and O–H groups in total. The molecule has 1 spiro atoms. The summed E-state index contributed by atoms with van der Waals surface area (Å²) in [5.74, 6) is -3.08. The number of nitrogens with zero attached hydrogens (tertiary/aromatic N) is 3. The molecule has 1 amide bonds. The number of carbonyl (C=O) groups excluding carboxylic acids is 2. The van der Waals surface area contributed by atoms with Crippen molar-refractivity contribution in [3.8, 4) is 0 Å². The van der Waals surface area contributed by atoms with Gasteiger partial charge in [-0.3, -0.25) is 14.2 Å². The zero-order valence-corrected chi connectivity index (χ0v) is 20.2. The molecule has 3 aromatic rings. The molecule has 2 aliphatic rings. The van der Waals surface area contributed by atoms with Gasteiger partial charge in [-0.15, -0.1) is 0 Å². The summed E-state index contributed by atoms with van der Waals surface area (Å²) in [5, 5.41) is 0.179. The predicted molar refractivity (Wildman–Crippen MR) is 129 cm³/mol. The molecule has 1 aliphatic carbocycles. The molecule has 1 aliphatic heterocycles. The van der Waals surface area contributed by atoms with E-state index >= 15 is 0 Å².